The summed E-state index contributed by atoms with van der Waals surface area (Å²) in [6, 6.07) is 0. The van der Waals surface area contributed by atoms with E-state index in [4.69, 9.17) is 4.74 Å². The standard InChI is InChI=1S/C16H25N5O3/c1-4-24-16(23)21-7-5-20(6-8-21)14(22)13-10-18-15(19-11-13)17-9-12(2)3/h10-12H,4-9H2,1-3H3,(H,17,18,19). The van der Waals surface area contributed by atoms with Crippen LogP contribution in [0.3, 0.4) is 0 Å². The van der Waals surface area contributed by atoms with Crippen molar-refractivity contribution in [1.29, 1.82) is 0 Å². The normalized spacial score (nSPS) is 14.7. The first-order valence-corrected chi connectivity index (χ1v) is 8.28. The molecule has 2 amide bonds. The van der Waals surface area contributed by atoms with Gasteiger partial charge in [0.15, 0.2) is 0 Å². The monoisotopic (exact) mass is 335 g/mol. The predicted octanol–water partition coefficient (Wildman–Crippen LogP) is 1.46. The number of aromatic nitrogens is 2. The van der Waals surface area contributed by atoms with Crippen molar-refractivity contribution in [2.45, 2.75) is 20.8 Å². The second-order valence-electron chi connectivity index (χ2n) is 6.05. The van der Waals surface area contributed by atoms with Crippen LogP contribution in [-0.2, 0) is 4.74 Å². The molecule has 24 heavy (non-hydrogen) atoms. The van der Waals surface area contributed by atoms with Gasteiger partial charge in [0.25, 0.3) is 5.91 Å². The molecule has 0 radical (unpaired) electrons. The third-order valence-corrected chi connectivity index (χ3v) is 3.66. The molecule has 0 spiro atoms. The van der Waals surface area contributed by atoms with E-state index in [2.05, 4.69) is 29.1 Å². The molecule has 0 atom stereocenters. The number of anilines is 1. The van der Waals surface area contributed by atoms with Crippen LogP contribution in [0.15, 0.2) is 12.4 Å². The van der Waals surface area contributed by atoms with E-state index in [9.17, 15) is 9.59 Å². The molecule has 0 bridgehead atoms. The molecule has 1 N–H and O–H groups in total. The Kier molecular flexibility index (Phi) is 6.34. The van der Waals surface area contributed by atoms with Gasteiger partial charge in [0.1, 0.15) is 0 Å². The molecule has 2 rings (SSSR count). The SMILES string of the molecule is CCOC(=O)N1CCN(C(=O)c2cnc(NCC(C)C)nc2)CC1. The largest absolute Gasteiger partial charge is 0.450 e. The van der Waals surface area contributed by atoms with Gasteiger partial charge in [0.2, 0.25) is 5.95 Å². The van der Waals surface area contributed by atoms with Crippen LogP contribution in [0.1, 0.15) is 31.1 Å². The maximum atomic E-state index is 12.5. The first-order valence-electron chi connectivity index (χ1n) is 8.28. The predicted molar refractivity (Wildman–Crippen MR) is 89.9 cm³/mol. The Morgan fingerprint density at radius 1 is 1.17 bits per heavy atom. The highest BCUT2D eigenvalue weighted by Gasteiger charge is 2.25. The molecule has 1 fully saturated rings. The molecule has 1 aromatic rings. The van der Waals surface area contributed by atoms with Crippen molar-refractivity contribution in [1.82, 2.24) is 19.8 Å². The third kappa shape index (κ3) is 4.81. The Balaban J connectivity index is 1.87. The van der Waals surface area contributed by atoms with Gasteiger partial charge in [-0.1, -0.05) is 13.8 Å². The van der Waals surface area contributed by atoms with Crippen LogP contribution in [0, 0.1) is 5.92 Å². The third-order valence-electron chi connectivity index (χ3n) is 3.66. The van der Waals surface area contributed by atoms with Crippen molar-refractivity contribution >= 4 is 17.9 Å². The zero-order valence-electron chi connectivity index (χ0n) is 14.5. The lowest BCUT2D eigenvalue weighted by Gasteiger charge is -2.33. The molecule has 0 aromatic carbocycles. The quantitative estimate of drug-likeness (QED) is 0.876. The average molecular weight is 335 g/mol. The molecule has 1 aromatic heterocycles. The number of hydrogen-bond acceptors (Lipinski definition) is 6. The van der Waals surface area contributed by atoms with Crippen LogP contribution in [-0.4, -0.2) is 71.1 Å². The summed E-state index contributed by atoms with van der Waals surface area (Å²) < 4.78 is 4.97. The van der Waals surface area contributed by atoms with Crippen LogP contribution < -0.4 is 5.32 Å². The molecule has 132 valence electrons. The molecule has 1 saturated heterocycles. The van der Waals surface area contributed by atoms with E-state index in [1.54, 1.807) is 16.7 Å². The summed E-state index contributed by atoms with van der Waals surface area (Å²) in [5, 5.41) is 3.11. The first-order chi connectivity index (χ1) is 11.5. The number of carbonyl (C=O) groups is 2. The second-order valence-corrected chi connectivity index (χ2v) is 6.05. The molecule has 1 aliphatic heterocycles. The van der Waals surface area contributed by atoms with Crippen LogP contribution in [0.5, 0.6) is 0 Å². The summed E-state index contributed by atoms with van der Waals surface area (Å²) >= 11 is 0. The Morgan fingerprint density at radius 3 is 2.29 bits per heavy atom. The zero-order valence-corrected chi connectivity index (χ0v) is 14.5. The number of amides is 2. The van der Waals surface area contributed by atoms with Crippen molar-refractivity contribution in [3.63, 3.8) is 0 Å². The second kappa shape index (κ2) is 8.47. The Hall–Kier alpha value is -2.38. The topological polar surface area (TPSA) is 87.7 Å². The lowest BCUT2D eigenvalue weighted by Crippen LogP contribution is -2.50. The van der Waals surface area contributed by atoms with Gasteiger partial charge in [-0.05, 0) is 12.8 Å². The fourth-order valence-corrected chi connectivity index (χ4v) is 2.31. The summed E-state index contributed by atoms with van der Waals surface area (Å²) in [5.74, 6) is 0.895. The van der Waals surface area contributed by atoms with Crippen molar-refractivity contribution < 1.29 is 14.3 Å². The number of nitrogens with zero attached hydrogens (tertiary/aromatic N) is 4. The molecular weight excluding hydrogens is 310 g/mol. The number of carbonyl (C=O) groups excluding carboxylic acids is 2. The van der Waals surface area contributed by atoms with Crippen molar-refractivity contribution in [2.24, 2.45) is 5.92 Å². The van der Waals surface area contributed by atoms with Crippen LogP contribution in [0.25, 0.3) is 0 Å². The smallest absolute Gasteiger partial charge is 0.409 e. The van der Waals surface area contributed by atoms with Crippen molar-refractivity contribution in [3.8, 4) is 0 Å². The highest BCUT2D eigenvalue weighted by molar-refractivity contribution is 5.93. The van der Waals surface area contributed by atoms with Gasteiger partial charge < -0.3 is 19.9 Å². The summed E-state index contributed by atoms with van der Waals surface area (Å²) in [7, 11) is 0. The maximum absolute atomic E-state index is 12.5. The fourth-order valence-electron chi connectivity index (χ4n) is 2.31. The number of ether oxygens (including phenoxy) is 1. The Labute approximate surface area is 142 Å². The van der Waals surface area contributed by atoms with Gasteiger partial charge in [-0.2, -0.15) is 0 Å². The molecule has 0 unspecified atom stereocenters. The van der Waals surface area contributed by atoms with E-state index >= 15 is 0 Å². The van der Waals surface area contributed by atoms with Crippen molar-refractivity contribution in [3.05, 3.63) is 18.0 Å². The van der Waals surface area contributed by atoms with Gasteiger partial charge in [-0.3, -0.25) is 4.79 Å². The molecule has 8 nitrogen and oxygen atoms in total. The fraction of sp³-hybridized carbons (Fsp3) is 0.625. The summed E-state index contributed by atoms with van der Waals surface area (Å²) in [6.45, 7) is 9.00. The molecule has 2 heterocycles. The zero-order chi connectivity index (χ0) is 17.5. The summed E-state index contributed by atoms with van der Waals surface area (Å²) in [6.07, 6.45) is 2.75. The molecule has 8 heteroatoms. The van der Waals surface area contributed by atoms with Gasteiger partial charge in [0, 0.05) is 45.1 Å². The van der Waals surface area contributed by atoms with Gasteiger partial charge in [-0.25, -0.2) is 14.8 Å². The number of rotatable bonds is 5. The van der Waals surface area contributed by atoms with Crippen molar-refractivity contribution in [2.75, 3.05) is 44.6 Å². The molecule has 0 saturated carbocycles. The van der Waals surface area contributed by atoms with E-state index in [1.165, 1.54) is 12.4 Å². The van der Waals surface area contributed by atoms with E-state index in [0.717, 1.165) is 6.54 Å². The minimum atomic E-state index is -0.325. The average Bonchev–Trinajstić information content (AvgIpc) is 2.60. The lowest BCUT2D eigenvalue weighted by atomic mass is 10.2. The van der Waals surface area contributed by atoms with Gasteiger partial charge in [0.05, 0.1) is 12.2 Å². The molecular formula is C16H25N5O3. The minimum absolute atomic E-state index is 0.117. The van der Waals surface area contributed by atoms with E-state index in [-0.39, 0.29) is 12.0 Å². The summed E-state index contributed by atoms with van der Waals surface area (Å²) in [5.41, 5.74) is 0.453. The number of hydrogen-bond donors (Lipinski definition) is 1. The Morgan fingerprint density at radius 2 is 1.75 bits per heavy atom. The highest BCUT2D eigenvalue weighted by Crippen LogP contribution is 2.10. The maximum Gasteiger partial charge on any atom is 0.409 e. The molecule has 1 aliphatic rings. The van der Waals surface area contributed by atoms with Crippen LogP contribution >= 0.6 is 0 Å². The minimum Gasteiger partial charge on any atom is -0.450 e. The van der Waals surface area contributed by atoms with Crippen LogP contribution in [0.2, 0.25) is 0 Å². The Bertz CT molecular complexity index is 553. The molecule has 0 aliphatic carbocycles. The van der Waals surface area contributed by atoms with Gasteiger partial charge in [-0.15, -0.1) is 0 Å². The highest BCUT2D eigenvalue weighted by atomic mass is 16.6. The van der Waals surface area contributed by atoms with E-state index in [0.29, 0.717) is 50.2 Å². The lowest BCUT2D eigenvalue weighted by molar-refractivity contribution is 0.0570. The van der Waals surface area contributed by atoms with Crippen LogP contribution in [0.4, 0.5) is 10.7 Å². The number of nitrogens with one attached hydrogen (secondary N) is 1. The van der Waals surface area contributed by atoms with Gasteiger partial charge >= 0.3 is 6.09 Å². The number of piperazine rings is 1. The first kappa shape index (κ1) is 18.0. The summed E-state index contributed by atoms with van der Waals surface area (Å²) in [4.78, 5) is 35.8. The van der Waals surface area contributed by atoms with E-state index in [1.807, 2.05) is 0 Å². The van der Waals surface area contributed by atoms with E-state index < -0.39 is 0 Å².